The van der Waals surface area contributed by atoms with Crippen molar-refractivity contribution in [3.8, 4) is 0 Å². The van der Waals surface area contributed by atoms with Gasteiger partial charge in [0.2, 0.25) is 0 Å². The molecule has 2 aromatic heterocycles. The van der Waals surface area contributed by atoms with Crippen LogP contribution in [-0.4, -0.2) is 37.8 Å². The Morgan fingerprint density at radius 1 is 1.44 bits per heavy atom. The van der Waals surface area contributed by atoms with Gasteiger partial charge in [0, 0.05) is 44.8 Å². The third kappa shape index (κ3) is 2.60. The molecular formula is C12H20N6. The summed E-state index contributed by atoms with van der Waals surface area (Å²) < 4.78 is 3.82. The quantitative estimate of drug-likeness (QED) is 0.825. The lowest BCUT2D eigenvalue weighted by atomic mass is 10.1. The molecule has 0 amide bonds. The van der Waals surface area contributed by atoms with Crippen LogP contribution in [0.5, 0.6) is 0 Å². The summed E-state index contributed by atoms with van der Waals surface area (Å²) in [6.07, 6.45) is 7.63. The zero-order valence-corrected chi connectivity index (χ0v) is 11.1. The van der Waals surface area contributed by atoms with Gasteiger partial charge in [-0.05, 0) is 7.05 Å². The number of hydrogen-bond donors (Lipinski definition) is 1. The smallest absolute Gasteiger partial charge is 0.122 e. The fourth-order valence-electron chi connectivity index (χ4n) is 2.06. The van der Waals surface area contributed by atoms with E-state index in [2.05, 4.69) is 22.0 Å². The number of aromatic nitrogens is 4. The molecule has 98 valence electrons. The van der Waals surface area contributed by atoms with E-state index in [0.717, 1.165) is 17.9 Å². The van der Waals surface area contributed by atoms with Crippen LogP contribution in [-0.2, 0) is 20.6 Å². The number of imidazole rings is 1. The van der Waals surface area contributed by atoms with Gasteiger partial charge in [0.15, 0.2) is 0 Å². The molecule has 2 N–H and O–H groups in total. The maximum Gasteiger partial charge on any atom is 0.122 e. The fourth-order valence-corrected chi connectivity index (χ4v) is 2.06. The van der Waals surface area contributed by atoms with E-state index in [1.807, 2.05) is 43.4 Å². The zero-order valence-electron chi connectivity index (χ0n) is 11.1. The van der Waals surface area contributed by atoms with Crippen LogP contribution in [0, 0.1) is 0 Å². The van der Waals surface area contributed by atoms with E-state index in [0.29, 0.717) is 6.54 Å². The maximum absolute atomic E-state index is 5.88. The molecule has 0 saturated carbocycles. The van der Waals surface area contributed by atoms with Gasteiger partial charge in [-0.25, -0.2) is 4.98 Å². The van der Waals surface area contributed by atoms with Crippen LogP contribution in [0.1, 0.15) is 17.4 Å². The SMILES string of the molecule is CN(Cc1nccn1C)C(CN)c1cnn(C)c1. The van der Waals surface area contributed by atoms with Crippen LogP contribution >= 0.6 is 0 Å². The first-order valence-electron chi connectivity index (χ1n) is 5.97. The van der Waals surface area contributed by atoms with Crippen LogP contribution in [0.15, 0.2) is 24.8 Å². The molecular weight excluding hydrogens is 228 g/mol. The fraction of sp³-hybridized carbons (Fsp3) is 0.500. The lowest BCUT2D eigenvalue weighted by molar-refractivity contribution is 0.233. The number of rotatable bonds is 5. The van der Waals surface area contributed by atoms with Gasteiger partial charge in [-0.2, -0.15) is 5.10 Å². The third-order valence-electron chi connectivity index (χ3n) is 3.18. The van der Waals surface area contributed by atoms with Crippen molar-refractivity contribution >= 4 is 0 Å². The van der Waals surface area contributed by atoms with Gasteiger partial charge in [0.05, 0.1) is 18.8 Å². The predicted molar refractivity (Wildman–Crippen MR) is 69.7 cm³/mol. The summed E-state index contributed by atoms with van der Waals surface area (Å²) in [5, 5.41) is 4.20. The minimum atomic E-state index is 0.162. The summed E-state index contributed by atoms with van der Waals surface area (Å²) in [7, 11) is 5.97. The Morgan fingerprint density at radius 3 is 2.72 bits per heavy atom. The van der Waals surface area contributed by atoms with Crippen molar-refractivity contribution in [3.05, 3.63) is 36.2 Å². The van der Waals surface area contributed by atoms with Crippen molar-refractivity contribution in [2.45, 2.75) is 12.6 Å². The summed E-state index contributed by atoms with van der Waals surface area (Å²) in [4.78, 5) is 6.52. The second-order valence-corrected chi connectivity index (χ2v) is 4.57. The lowest BCUT2D eigenvalue weighted by Crippen LogP contribution is -2.30. The number of hydrogen-bond acceptors (Lipinski definition) is 4. The van der Waals surface area contributed by atoms with E-state index in [4.69, 9.17) is 5.73 Å². The zero-order chi connectivity index (χ0) is 13.1. The Morgan fingerprint density at radius 2 is 2.22 bits per heavy atom. The molecule has 2 heterocycles. The molecule has 0 aromatic carbocycles. The molecule has 0 radical (unpaired) electrons. The van der Waals surface area contributed by atoms with Crippen molar-refractivity contribution in [3.63, 3.8) is 0 Å². The Bertz CT molecular complexity index is 500. The van der Waals surface area contributed by atoms with Crippen LogP contribution in [0.4, 0.5) is 0 Å². The first-order chi connectivity index (χ1) is 8.61. The molecule has 2 aromatic rings. The summed E-state index contributed by atoms with van der Waals surface area (Å²) in [5.41, 5.74) is 7.01. The minimum absolute atomic E-state index is 0.162. The molecule has 0 spiro atoms. The van der Waals surface area contributed by atoms with Gasteiger partial charge in [-0.15, -0.1) is 0 Å². The number of likely N-dealkylation sites (N-methyl/N-ethyl adjacent to an activating group) is 1. The largest absolute Gasteiger partial charge is 0.337 e. The average Bonchev–Trinajstić information content (AvgIpc) is 2.91. The molecule has 0 fully saturated rings. The molecule has 0 aliphatic carbocycles. The van der Waals surface area contributed by atoms with Crippen molar-refractivity contribution in [2.24, 2.45) is 19.8 Å². The second kappa shape index (κ2) is 5.32. The van der Waals surface area contributed by atoms with Crippen LogP contribution < -0.4 is 5.73 Å². The van der Waals surface area contributed by atoms with Gasteiger partial charge in [-0.1, -0.05) is 0 Å². The van der Waals surface area contributed by atoms with Crippen molar-refractivity contribution < 1.29 is 0 Å². The number of aryl methyl sites for hydroxylation is 2. The van der Waals surface area contributed by atoms with E-state index < -0.39 is 0 Å². The van der Waals surface area contributed by atoms with Gasteiger partial charge in [0.25, 0.3) is 0 Å². The third-order valence-corrected chi connectivity index (χ3v) is 3.18. The van der Waals surface area contributed by atoms with Crippen LogP contribution in [0.25, 0.3) is 0 Å². The summed E-state index contributed by atoms with van der Waals surface area (Å²) >= 11 is 0. The first kappa shape index (κ1) is 12.8. The molecule has 6 heteroatoms. The van der Waals surface area contributed by atoms with Gasteiger partial charge >= 0.3 is 0 Å². The highest BCUT2D eigenvalue weighted by atomic mass is 15.3. The van der Waals surface area contributed by atoms with Gasteiger partial charge in [0.1, 0.15) is 5.82 Å². The monoisotopic (exact) mass is 248 g/mol. The van der Waals surface area contributed by atoms with Crippen molar-refractivity contribution in [1.29, 1.82) is 0 Å². The normalized spacial score (nSPS) is 13.2. The standard InChI is InChI=1S/C12H20N6/c1-16-5-4-14-12(16)9-17(2)11(6-13)10-7-15-18(3)8-10/h4-5,7-8,11H,6,9,13H2,1-3H3. The molecule has 2 rings (SSSR count). The number of nitrogens with zero attached hydrogens (tertiary/aromatic N) is 5. The Balaban J connectivity index is 2.11. The molecule has 6 nitrogen and oxygen atoms in total. The van der Waals surface area contributed by atoms with E-state index in [1.54, 1.807) is 4.68 Å². The van der Waals surface area contributed by atoms with Crippen molar-refractivity contribution in [1.82, 2.24) is 24.2 Å². The second-order valence-electron chi connectivity index (χ2n) is 4.57. The molecule has 0 aliphatic heterocycles. The van der Waals surface area contributed by atoms with E-state index in [-0.39, 0.29) is 6.04 Å². The topological polar surface area (TPSA) is 64.9 Å². The summed E-state index contributed by atoms with van der Waals surface area (Å²) in [6, 6.07) is 0.162. The summed E-state index contributed by atoms with van der Waals surface area (Å²) in [6.45, 7) is 1.33. The molecule has 18 heavy (non-hydrogen) atoms. The van der Waals surface area contributed by atoms with Gasteiger partial charge < -0.3 is 10.3 Å². The summed E-state index contributed by atoms with van der Waals surface area (Å²) in [5.74, 6) is 1.03. The minimum Gasteiger partial charge on any atom is -0.337 e. The highest BCUT2D eigenvalue weighted by molar-refractivity contribution is 5.11. The molecule has 0 saturated heterocycles. The predicted octanol–water partition coefficient (Wildman–Crippen LogP) is 0.285. The average molecular weight is 248 g/mol. The van der Waals surface area contributed by atoms with E-state index in [1.165, 1.54) is 0 Å². The number of nitrogens with two attached hydrogens (primary N) is 1. The Labute approximate surface area is 107 Å². The van der Waals surface area contributed by atoms with Gasteiger partial charge in [-0.3, -0.25) is 9.58 Å². The highest BCUT2D eigenvalue weighted by Gasteiger charge is 2.18. The van der Waals surface area contributed by atoms with Crippen molar-refractivity contribution in [2.75, 3.05) is 13.6 Å². The molecule has 1 unspecified atom stereocenters. The van der Waals surface area contributed by atoms with Crippen LogP contribution in [0.3, 0.4) is 0 Å². The first-order valence-corrected chi connectivity index (χ1v) is 5.97. The lowest BCUT2D eigenvalue weighted by Gasteiger charge is -2.25. The molecule has 0 bridgehead atoms. The molecule has 0 aliphatic rings. The molecule has 1 atom stereocenters. The maximum atomic E-state index is 5.88. The van der Waals surface area contributed by atoms with E-state index >= 15 is 0 Å². The Kier molecular flexibility index (Phi) is 3.78. The highest BCUT2D eigenvalue weighted by Crippen LogP contribution is 2.18. The Hall–Kier alpha value is -1.66. The van der Waals surface area contributed by atoms with E-state index in [9.17, 15) is 0 Å². The van der Waals surface area contributed by atoms with Crippen LogP contribution in [0.2, 0.25) is 0 Å².